The molecule has 3 heteroatoms. The quantitative estimate of drug-likeness (QED) is 0.560. The zero-order chi connectivity index (χ0) is 7.40. The summed E-state index contributed by atoms with van der Waals surface area (Å²) in [4.78, 5) is 8.03. The number of amidine groups is 1. The summed E-state index contributed by atoms with van der Waals surface area (Å²) in [5.74, 6) is 0.764. The van der Waals surface area contributed by atoms with E-state index in [0.717, 1.165) is 11.4 Å². The van der Waals surface area contributed by atoms with E-state index in [1.165, 1.54) is 0 Å². The molecule has 3 nitrogen and oxygen atoms in total. The Bertz CT molecular complexity index is 204. The van der Waals surface area contributed by atoms with Crippen LogP contribution in [-0.2, 0) is 0 Å². The van der Waals surface area contributed by atoms with Gasteiger partial charge in [-0.1, -0.05) is 6.08 Å². The molecule has 0 spiro atoms. The van der Waals surface area contributed by atoms with Crippen molar-refractivity contribution in [3.63, 3.8) is 0 Å². The summed E-state index contributed by atoms with van der Waals surface area (Å²) in [5, 5.41) is 8.69. The van der Waals surface area contributed by atoms with E-state index in [1.807, 2.05) is 13.0 Å². The molecule has 0 aliphatic carbocycles. The molecule has 0 bridgehead atoms. The number of nitrogens with zero attached hydrogens (tertiary/aromatic N) is 2. The second-order valence-electron chi connectivity index (χ2n) is 2.08. The van der Waals surface area contributed by atoms with Gasteiger partial charge in [-0.25, -0.2) is 4.99 Å². The minimum atomic E-state index is 0.0479. The largest absolute Gasteiger partial charge is 0.392 e. The first-order chi connectivity index (χ1) is 4.83. The van der Waals surface area contributed by atoms with Crippen LogP contribution >= 0.6 is 0 Å². The Kier molecular flexibility index (Phi) is 2.34. The van der Waals surface area contributed by atoms with Crippen LogP contribution in [0.3, 0.4) is 0 Å². The van der Waals surface area contributed by atoms with E-state index in [0.29, 0.717) is 6.54 Å². The van der Waals surface area contributed by atoms with Gasteiger partial charge in [-0.05, 0) is 12.5 Å². The molecule has 0 aromatic heterocycles. The summed E-state index contributed by atoms with van der Waals surface area (Å²) < 4.78 is 0. The fourth-order valence-corrected chi connectivity index (χ4v) is 0.670. The third kappa shape index (κ3) is 1.77. The smallest absolute Gasteiger partial charge is 0.120 e. The average molecular weight is 138 g/mol. The first kappa shape index (κ1) is 7.15. The summed E-state index contributed by atoms with van der Waals surface area (Å²) in [5.41, 5.74) is 0.834. The lowest BCUT2D eigenvalue weighted by Crippen LogP contribution is -1.91. The predicted octanol–water partition coefficient (Wildman–Crippen LogP) is 0.408. The van der Waals surface area contributed by atoms with Gasteiger partial charge in [0.1, 0.15) is 5.84 Å². The van der Waals surface area contributed by atoms with Gasteiger partial charge in [0.15, 0.2) is 0 Å². The van der Waals surface area contributed by atoms with Crippen molar-refractivity contribution >= 4 is 12.1 Å². The van der Waals surface area contributed by atoms with Gasteiger partial charge in [0.2, 0.25) is 0 Å². The lowest BCUT2D eigenvalue weighted by molar-refractivity contribution is 0.337. The number of aliphatic hydroxyl groups is 1. The van der Waals surface area contributed by atoms with Gasteiger partial charge < -0.3 is 5.11 Å². The Labute approximate surface area is 59.8 Å². The third-order valence-electron chi connectivity index (χ3n) is 1.27. The van der Waals surface area contributed by atoms with E-state index in [9.17, 15) is 0 Å². The van der Waals surface area contributed by atoms with Gasteiger partial charge in [-0.15, -0.1) is 0 Å². The van der Waals surface area contributed by atoms with Gasteiger partial charge in [-0.3, -0.25) is 4.99 Å². The van der Waals surface area contributed by atoms with Crippen LogP contribution in [0.15, 0.2) is 21.6 Å². The highest BCUT2D eigenvalue weighted by Crippen LogP contribution is 1.94. The monoisotopic (exact) mass is 138 g/mol. The molecule has 0 saturated heterocycles. The topological polar surface area (TPSA) is 45.0 Å². The van der Waals surface area contributed by atoms with Crippen molar-refractivity contribution in [1.29, 1.82) is 0 Å². The molecule has 0 aromatic carbocycles. The Morgan fingerprint density at radius 2 is 2.50 bits per heavy atom. The van der Waals surface area contributed by atoms with E-state index in [4.69, 9.17) is 5.11 Å². The maximum absolute atomic E-state index is 8.69. The standard InChI is InChI=1S/C7H10N2O/c1-6-8-3-2-7(5-10)4-9-6/h2,4,10H,3,5H2,1H3. The minimum Gasteiger partial charge on any atom is -0.392 e. The van der Waals surface area contributed by atoms with Crippen molar-refractivity contribution in [2.24, 2.45) is 9.98 Å². The molecule has 0 fully saturated rings. The van der Waals surface area contributed by atoms with Crippen molar-refractivity contribution < 1.29 is 5.11 Å². The zero-order valence-corrected chi connectivity index (χ0v) is 5.91. The molecular weight excluding hydrogens is 128 g/mol. The molecule has 1 rings (SSSR count). The Morgan fingerprint density at radius 3 is 3.20 bits per heavy atom. The van der Waals surface area contributed by atoms with E-state index in [-0.39, 0.29) is 6.61 Å². The molecule has 0 atom stereocenters. The molecule has 54 valence electrons. The van der Waals surface area contributed by atoms with Gasteiger partial charge in [-0.2, -0.15) is 0 Å². The van der Waals surface area contributed by atoms with Gasteiger partial charge >= 0.3 is 0 Å². The highest BCUT2D eigenvalue weighted by atomic mass is 16.3. The number of hydrogen-bond acceptors (Lipinski definition) is 3. The molecule has 1 heterocycles. The third-order valence-corrected chi connectivity index (χ3v) is 1.27. The van der Waals surface area contributed by atoms with Crippen LogP contribution in [0, 0.1) is 0 Å². The number of aliphatic imine (C=N–C) groups is 2. The van der Waals surface area contributed by atoms with E-state index in [2.05, 4.69) is 9.98 Å². The summed E-state index contributed by atoms with van der Waals surface area (Å²) in [6.07, 6.45) is 3.51. The summed E-state index contributed by atoms with van der Waals surface area (Å²) in [6, 6.07) is 0. The first-order valence-corrected chi connectivity index (χ1v) is 3.18. The van der Waals surface area contributed by atoms with Crippen LogP contribution in [0.2, 0.25) is 0 Å². The molecule has 0 radical (unpaired) electrons. The number of aliphatic hydroxyl groups excluding tert-OH is 1. The van der Waals surface area contributed by atoms with Crippen LogP contribution < -0.4 is 0 Å². The van der Waals surface area contributed by atoms with Gasteiger partial charge in [0, 0.05) is 6.21 Å². The minimum absolute atomic E-state index is 0.0479. The zero-order valence-electron chi connectivity index (χ0n) is 5.91. The van der Waals surface area contributed by atoms with E-state index in [1.54, 1.807) is 6.21 Å². The van der Waals surface area contributed by atoms with Crippen LogP contribution in [0.25, 0.3) is 0 Å². The fraction of sp³-hybridized carbons (Fsp3) is 0.429. The molecular formula is C7H10N2O. The Morgan fingerprint density at radius 1 is 1.70 bits per heavy atom. The normalized spacial score (nSPS) is 17.8. The van der Waals surface area contributed by atoms with Crippen LogP contribution in [0.5, 0.6) is 0 Å². The maximum Gasteiger partial charge on any atom is 0.120 e. The fourth-order valence-electron chi connectivity index (χ4n) is 0.670. The van der Waals surface area contributed by atoms with Gasteiger partial charge in [0.05, 0.1) is 13.2 Å². The predicted molar refractivity (Wildman–Crippen MR) is 41.6 cm³/mol. The summed E-state index contributed by atoms with van der Waals surface area (Å²) in [6.45, 7) is 2.51. The Balaban J connectivity index is 2.69. The maximum atomic E-state index is 8.69. The SMILES string of the molecule is CC1=NCC=C(CO)C=N1. The second kappa shape index (κ2) is 3.27. The molecule has 0 amide bonds. The highest BCUT2D eigenvalue weighted by Gasteiger charge is 1.94. The summed E-state index contributed by atoms with van der Waals surface area (Å²) in [7, 11) is 0. The molecule has 1 aliphatic heterocycles. The first-order valence-electron chi connectivity index (χ1n) is 3.18. The molecule has 1 aliphatic rings. The van der Waals surface area contributed by atoms with E-state index < -0.39 is 0 Å². The summed E-state index contributed by atoms with van der Waals surface area (Å²) >= 11 is 0. The van der Waals surface area contributed by atoms with Crippen molar-refractivity contribution in [2.45, 2.75) is 6.92 Å². The van der Waals surface area contributed by atoms with Crippen LogP contribution in [0.1, 0.15) is 6.92 Å². The number of hydrogen-bond donors (Lipinski definition) is 1. The molecule has 1 N–H and O–H groups in total. The lowest BCUT2D eigenvalue weighted by atomic mass is 10.3. The second-order valence-corrected chi connectivity index (χ2v) is 2.08. The van der Waals surface area contributed by atoms with Gasteiger partial charge in [0.25, 0.3) is 0 Å². The molecule has 0 unspecified atom stereocenters. The van der Waals surface area contributed by atoms with Crippen molar-refractivity contribution in [2.75, 3.05) is 13.2 Å². The van der Waals surface area contributed by atoms with Crippen LogP contribution in [-0.4, -0.2) is 30.3 Å². The average Bonchev–Trinajstić information content (AvgIpc) is 2.14. The highest BCUT2D eigenvalue weighted by molar-refractivity contribution is 5.94. The molecule has 0 saturated carbocycles. The van der Waals surface area contributed by atoms with E-state index >= 15 is 0 Å². The Hall–Kier alpha value is -0.960. The van der Waals surface area contributed by atoms with Crippen molar-refractivity contribution in [1.82, 2.24) is 0 Å². The van der Waals surface area contributed by atoms with Crippen LogP contribution in [0.4, 0.5) is 0 Å². The van der Waals surface area contributed by atoms with Crippen molar-refractivity contribution in [3.8, 4) is 0 Å². The lowest BCUT2D eigenvalue weighted by Gasteiger charge is -1.88. The van der Waals surface area contributed by atoms with Crippen molar-refractivity contribution in [3.05, 3.63) is 11.6 Å². The number of rotatable bonds is 1. The molecule has 10 heavy (non-hydrogen) atoms. The molecule has 0 aromatic rings.